The van der Waals surface area contributed by atoms with E-state index in [1.807, 2.05) is 6.92 Å². The van der Waals surface area contributed by atoms with Crippen molar-refractivity contribution in [1.29, 1.82) is 0 Å². The molecular formula is C8H10N2O4S2. The molecule has 0 bridgehead atoms. The van der Waals surface area contributed by atoms with Crippen LogP contribution in [0.5, 0.6) is 0 Å². The van der Waals surface area contributed by atoms with E-state index >= 15 is 0 Å². The zero-order valence-electron chi connectivity index (χ0n) is 8.37. The average Bonchev–Trinajstić information content (AvgIpc) is 2.71. The fraction of sp³-hybridized carbons (Fsp3) is 0.500. The number of nitrogens with zero attached hydrogens (tertiary/aromatic N) is 1. The first-order valence-corrected chi connectivity index (χ1v) is 6.97. The molecule has 1 aromatic heterocycles. The van der Waals surface area contributed by atoms with Crippen molar-refractivity contribution in [1.82, 2.24) is 9.71 Å². The lowest BCUT2D eigenvalue weighted by molar-refractivity contribution is 0.0687. The van der Waals surface area contributed by atoms with E-state index in [1.165, 1.54) is 5.51 Å². The van der Waals surface area contributed by atoms with Gasteiger partial charge >= 0.3 is 5.97 Å². The van der Waals surface area contributed by atoms with E-state index < -0.39 is 21.7 Å². The predicted molar refractivity (Wildman–Crippen MR) is 57.0 cm³/mol. The number of hydrogen-bond donors (Lipinski definition) is 2. The molecule has 2 unspecified atom stereocenters. The van der Waals surface area contributed by atoms with Gasteiger partial charge in [-0.05, 0) is 12.3 Å². The van der Waals surface area contributed by atoms with Gasteiger partial charge in [-0.25, -0.2) is 22.9 Å². The van der Waals surface area contributed by atoms with E-state index in [-0.39, 0.29) is 10.3 Å². The molecule has 0 aliphatic heterocycles. The number of nitrogens with one attached hydrogen (secondary N) is 1. The van der Waals surface area contributed by atoms with Crippen LogP contribution in [0.25, 0.3) is 0 Å². The number of rotatable bonds is 4. The molecule has 0 amide bonds. The fourth-order valence-electron chi connectivity index (χ4n) is 1.31. The van der Waals surface area contributed by atoms with Gasteiger partial charge in [0.15, 0.2) is 9.90 Å². The highest BCUT2D eigenvalue weighted by molar-refractivity contribution is 7.91. The second kappa shape index (κ2) is 3.79. The molecule has 1 aliphatic carbocycles. The Labute approximate surface area is 96.4 Å². The zero-order chi connectivity index (χ0) is 11.9. The van der Waals surface area contributed by atoms with Crippen molar-refractivity contribution in [2.45, 2.75) is 23.6 Å². The first-order valence-electron chi connectivity index (χ1n) is 4.61. The third kappa shape index (κ3) is 2.08. The summed E-state index contributed by atoms with van der Waals surface area (Å²) in [5, 5.41) is 8.77. The van der Waals surface area contributed by atoms with Gasteiger partial charge in [0.05, 0.1) is 5.51 Å². The minimum atomic E-state index is -3.74. The fourth-order valence-corrected chi connectivity index (χ4v) is 3.82. The molecule has 6 nitrogen and oxygen atoms in total. The Hall–Kier alpha value is -0.990. The van der Waals surface area contributed by atoms with Gasteiger partial charge in [0.25, 0.3) is 10.0 Å². The topological polar surface area (TPSA) is 96.4 Å². The van der Waals surface area contributed by atoms with Gasteiger partial charge in [-0.2, -0.15) is 0 Å². The molecule has 16 heavy (non-hydrogen) atoms. The number of thiazole rings is 1. The number of carbonyl (C=O) groups is 1. The highest BCUT2D eigenvalue weighted by Gasteiger charge is 2.38. The Morgan fingerprint density at radius 3 is 2.81 bits per heavy atom. The summed E-state index contributed by atoms with van der Waals surface area (Å²) < 4.78 is 25.9. The minimum Gasteiger partial charge on any atom is -0.476 e. The number of aromatic carboxylic acids is 1. The maximum Gasteiger partial charge on any atom is 0.356 e. The van der Waals surface area contributed by atoms with Crippen molar-refractivity contribution in [3.8, 4) is 0 Å². The van der Waals surface area contributed by atoms with Crippen LogP contribution in [0.3, 0.4) is 0 Å². The van der Waals surface area contributed by atoms with Crippen LogP contribution in [0.2, 0.25) is 0 Å². The molecule has 1 fully saturated rings. The average molecular weight is 262 g/mol. The highest BCUT2D eigenvalue weighted by Crippen LogP contribution is 2.31. The van der Waals surface area contributed by atoms with Crippen molar-refractivity contribution in [2.75, 3.05) is 0 Å². The van der Waals surface area contributed by atoms with Crippen LogP contribution >= 0.6 is 11.3 Å². The van der Waals surface area contributed by atoms with Gasteiger partial charge in [-0.1, -0.05) is 6.92 Å². The third-order valence-corrected chi connectivity index (χ3v) is 5.26. The summed E-state index contributed by atoms with van der Waals surface area (Å²) in [6.45, 7) is 1.93. The van der Waals surface area contributed by atoms with Crippen molar-refractivity contribution >= 4 is 27.3 Å². The van der Waals surface area contributed by atoms with E-state index in [0.29, 0.717) is 5.92 Å². The molecule has 0 spiro atoms. The quantitative estimate of drug-likeness (QED) is 0.825. The number of hydrogen-bond acceptors (Lipinski definition) is 5. The van der Waals surface area contributed by atoms with E-state index in [9.17, 15) is 13.2 Å². The summed E-state index contributed by atoms with van der Waals surface area (Å²) in [6, 6.07) is -0.0752. The second-order valence-corrected chi connectivity index (χ2v) is 6.50. The van der Waals surface area contributed by atoms with Crippen molar-refractivity contribution in [2.24, 2.45) is 5.92 Å². The lowest BCUT2D eigenvalue weighted by Gasteiger charge is -2.03. The zero-order valence-corrected chi connectivity index (χ0v) is 10.0. The van der Waals surface area contributed by atoms with E-state index in [1.54, 1.807) is 0 Å². The molecule has 2 atom stereocenters. The molecule has 8 heteroatoms. The standard InChI is InChI=1S/C8H10N2O4S2/c1-4-2-5(4)10-16(13,14)8-6(7(11)12)9-3-15-8/h3-5,10H,2H2,1H3,(H,11,12). The summed E-state index contributed by atoms with van der Waals surface area (Å²) in [7, 11) is -3.74. The number of carboxylic acids is 1. The Balaban J connectivity index is 2.28. The first-order chi connectivity index (χ1) is 7.42. The normalized spacial score (nSPS) is 24.3. The van der Waals surface area contributed by atoms with Crippen LogP contribution in [-0.2, 0) is 10.0 Å². The summed E-state index contributed by atoms with van der Waals surface area (Å²) in [5.41, 5.74) is 0.805. The summed E-state index contributed by atoms with van der Waals surface area (Å²) >= 11 is 0.813. The number of carboxylic acid groups (broad SMARTS) is 1. The van der Waals surface area contributed by atoms with Crippen LogP contribution in [0, 0.1) is 5.92 Å². The van der Waals surface area contributed by atoms with E-state index in [4.69, 9.17) is 5.11 Å². The largest absolute Gasteiger partial charge is 0.476 e. The molecule has 0 aromatic carbocycles. The van der Waals surface area contributed by atoms with Gasteiger partial charge in [-0.15, -0.1) is 11.3 Å². The number of aromatic nitrogens is 1. The van der Waals surface area contributed by atoms with Crippen LogP contribution in [0.4, 0.5) is 0 Å². The lowest BCUT2D eigenvalue weighted by Crippen LogP contribution is -2.27. The van der Waals surface area contributed by atoms with Gasteiger partial charge in [0.1, 0.15) is 0 Å². The molecule has 88 valence electrons. The maximum absolute atomic E-state index is 11.8. The molecule has 2 rings (SSSR count). The van der Waals surface area contributed by atoms with Crippen LogP contribution in [-0.4, -0.2) is 30.5 Å². The van der Waals surface area contributed by atoms with Crippen molar-refractivity contribution in [3.63, 3.8) is 0 Å². The van der Waals surface area contributed by atoms with Gasteiger partial charge in [0.2, 0.25) is 0 Å². The highest BCUT2D eigenvalue weighted by atomic mass is 32.2. The van der Waals surface area contributed by atoms with E-state index in [0.717, 1.165) is 17.8 Å². The van der Waals surface area contributed by atoms with Crippen LogP contribution in [0.15, 0.2) is 9.72 Å². The third-order valence-electron chi connectivity index (χ3n) is 2.40. The van der Waals surface area contributed by atoms with Gasteiger partial charge < -0.3 is 5.11 Å². The molecule has 2 N–H and O–H groups in total. The predicted octanol–water partition coefficient (Wildman–Crippen LogP) is 0.528. The Kier molecular flexibility index (Phi) is 2.72. The second-order valence-electron chi connectivity index (χ2n) is 3.73. The van der Waals surface area contributed by atoms with Crippen LogP contribution < -0.4 is 4.72 Å². The lowest BCUT2D eigenvalue weighted by atomic mass is 10.5. The molecule has 1 aromatic rings. The Morgan fingerprint density at radius 1 is 1.69 bits per heavy atom. The Bertz CT molecular complexity index is 522. The summed E-state index contributed by atoms with van der Waals surface area (Å²) in [4.78, 5) is 14.3. The first kappa shape index (κ1) is 11.5. The molecule has 0 saturated heterocycles. The van der Waals surface area contributed by atoms with Crippen molar-refractivity contribution in [3.05, 3.63) is 11.2 Å². The number of sulfonamides is 1. The van der Waals surface area contributed by atoms with Gasteiger partial charge in [0, 0.05) is 6.04 Å². The monoisotopic (exact) mass is 262 g/mol. The molecular weight excluding hydrogens is 252 g/mol. The molecule has 1 aliphatic rings. The Morgan fingerprint density at radius 2 is 2.31 bits per heavy atom. The maximum atomic E-state index is 11.8. The summed E-state index contributed by atoms with van der Waals surface area (Å²) in [5.74, 6) is -1.01. The molecule has 0 radical (unpaired) electrons. The van der Waals surface area contributed by atoms with E-state index in [2.05, 4.69) is 9.71 Å². The minimum absolute atomic E-state index is 0.0752. The summed E-state index contributed by atoms with van der Waals surface area (Å²) in [6.07, 6.45) is 0.792. The van der Waals surface area contributed by atoms with Crippen LogP contribution in [0.1, 0.15) is 23.8 Å². The smallest absolute Gasteiger partial charge is 0.356 e. The molecule has 1 heterocycles. The van der Waals surface area contributed by atoms with Crippen molar-refractivity contribution < 1.29 is 18.3 Å². The molecule has 1 saturated carbocycles. The SMILES string of the molecule is CC1CC1NS(=O)(=O)c1scnc1C(=O)O. The van der Waals surface area contributed by atoms with Gasteiger partial charge in [-0.3, -0.25) is 0 Å².